The molecule has 0 atom stereocenters. The molecule has 2 aromatic carbocycles. The lowest BCUT2D eigenvalue weighted by molar-refractivity contribution is -0.167. The maximum atomic E-state index is 12.3. The molecular weight excluding hydrogens is 399 g/mol. The highest BCUT2D eigenvalue weighted by atomic mass is 19.4. The number of rotatable bonds is 6. The summed E-state index contributed by atoms with van der Waals surface area (Å²) in [7, 11) is 0. The Morgan fingerprint density at radius 2 is 1.60 bits per heavy atom. The molecule has 0 saturated carbocycles. The van der Waals surface area contributed by atoms with Gasteiger partial charge >= 0.3 is 18.1 Å². The van der Waals surface area contributed by atoms with Crippen LogP contribution in [0.4, 0.5) is 29.3 Å². The number of benzene rings is 2. The number of nitrogens with one attached hydrogen (secondary N) is 3. The van der Waals surface area contributed by atoms with Crippen molar-refractivity contribution in [1.29, 1.82) is 0 Å². The van der Waals surface area contributed by atoms with E-state index in [4.69, 9.17) is 0 Å². The first-order valence-electron chi connectivity index (χ1n) is 8.93. The molecule has 158 valence electrons. The molecule has 0 aliphatic rings. The lowest BCUT2D eigenvalue weighted by Crippen LogP contribution is -2.34. The zero-order chi connectivity index (χ0) is 22.3. The van der Waals surface area contributed by atoms with Crippen LogP contribution in [0.25, 0.3) is 6.08 Å². The molecule has 3 N–H and O–H groups in total. The summed E-state index contributed by atoms with van der Waals surface area (Å²) in [6, 6.07) is 11.5. The quantitative estimate of drug-likeness (QED) is 0.472. The van der Waals surface area contributed by atoms with Crippen molar-refractivity contribution >= 4 is 35.2 Å². The average Bonchev–Trinajstić information content (AvgIpc) is 2.65. The van der Waals surface area contributed by atoms with Gasteiger partial charge in [-0.2, -0.15) is 13.2 Å². The molecule has 9 heteroatoms. The summed E-state index contributed by atoms with van der Waals surface area (Å²) < 4.78 is 37.0. The van der Waals surface area contributed by atoms with Crippen molar-refractivity contribution in [3.05, 3.63) is 65.7 Å². The number of hydrogen-bond acceptors (Lipinski definition) is 3. The van der Waals surface area contributed by atoms with Gasteiger partial charge in [-0.25, -0.2) is 4.79 Å². The van der Waals surface area contributed by atoms with E-state index >= 15 is 0 Å². The van der Waals surface area contributed by atoms with Gasteiger partial charge in [-0.05, 0) is 61.9 Å². The van der Waals surface area contributed by atoms with E-state index in [1.807, 2.05) is 13.8 Å². The molecule has 2 aromatic rings. The second kappa shape index (κ2) is 9.73. The van der Waals surface area contributed by atoms with Crippen LogP contribution in [0.3, 0.4) is 0 Å². The molecule has 0 heterocycles. The summed E-state index contributed by atoms with van der Waals surface area (Å²) in [5.41, 5.74) is 1.28. The predicted molar refractivity (Wildman–Crippen MR) is 108 cm³/mol. The van der Waals surface area contributed by atoms with Gasteiger partial charge in [-0.15, -0.1) is 0 Å². The van der Waals surface area contributed by atoms with Gasteiger partial charge in [0, 0.05) is 23.0 Å². The van der Waals surface area contributed by atoms with Crippen molar-refractivity contribution in [2.75, 3.05) is 10.6 Å². The highest BCUT2D eigenvalue weighted by molar-refractivity contribution is 6.07. The average molecular weight is 419 g/mol. The fourth-order valence-corrected chi connectivity index (χ4v) is 2.34. The first kappa shape index (κ1) is 22.7. The molecular formula is C21H20F3N3O3. The minimum absolute atomic E-state index is 0.0173. The molecule has 0 aliphatic heterocycles. The Bertz CT molecular complexity index is 952. The monoisotopic (exact) mass is 419 g/mol. The number of anilines is 2. The predicted octanol–water partition coefficient (Wildman–Crippen LogP) is 4.61. The van der Waals surface area contributed by atoms with E-state index in [0.717, 1.165) is 0 Å². The number of amides is 3. The molecule has 30 heavy (non-hydrogen) atoms. The lowest BCUT2D eigenvalue weighted by atomic mass is 10.1. The second-order valence-electron chi connectivity index (χ2n) is 6.61. The number of allylic oxidation sites excluding steroid dienone is 1. The van der Waals surface area contributed by atoms with Gasteiger partial charge in [-0.1, -0.05) is 18.2 Å². The molecule has 2 rings (SSSR count). The Kier molecular flexibility index (Phi) is 7.35. The fraction of sp³-hybridized carbons (Fsp3) is 0.190. The van der Waals surface area contributed by atoms with Crippen LogP contribution in [-0.4, -0.2) is 29.9 Å². The minimum Gasteiger partial charge on any atom is -0.336 e. The molecule has 0 fully saturated rings. The number of alkyl halides is 3. The third-order valence-electron chi connectivity index (χ3n) is 3.68. The van der Waals surface area contributed by atoms with Crippen LogP contribution < -0.4 is 16.0 Å². The SMILES string of the molecule is CC(C)NC(=O)Nc1ccc(C(=O)/C=C/c2cccc(NC(=O)C(F)(F)F)c2)cc1. The Morgan fingerprint density at radius 3 is 2.20 bits per heavy atom. The number of halogens is 3. The van der Waals surface area contributed by atoms with Gasteiger partial charge in [0.25, 0.3) is 0 Å². The van der Waals surface area contributed by atoms with E-state index in [2.05, 4.69) is 10.6 Å². The zero-order valence-electron chi connectivity index (χ0n) is 16.2. The van der Waals surface area contributed by atoms with E-state index in [1.54, 1.807) is 23.5 Å². The van der Waals surface area contributed by atoms with Crippen LogP contribution in [0.1, 0.15) is 29.8 Å². The summed E-state index contributed by atoms with van der Waals surface area (Å²) in [4.78, 5) is 35.0. The van der Waals surface area contributed by atoms with Gasteiger partial charge in [0.1, 0.15) is 0 Å². The van der Waals surface area contributed by atoms with Crippen LogP contribution in [0, 0.1) is 0 Å². The zero-order valence-corrected chi connectivity index (χ0v) is 16.2. The van der Waals surface area contributed by atoms with Crippen molar-refractivity contribution in [3.63, 3.8) is 0 Å². The molecule has 6 nitrogen and oxygen atoms in total. The summed E-state index contributed by atoms with van der Waals surface area (Å²) in [6.45, 7) is 3.65. The maximum Gasteiger partial charge on any atom is 0.471 e. The highest BCUT2D eigenvalue weighted by Gasteiger charge is 2.38. The second-order valence-corrected chi connectivity index (χ2v) is 6.61. The van der Waals surface area contributed by atoms with Gasteiger partial charge < -0.3 is 16.0 Å². The van der Waals surface area contributed by atoms with E-state index in [-0.39, 0.29) is 23.5 Å². The van der Waals surface area contributed by atoms with E-state index in [1.165, 1.54) is 42.5 Å². The summed E-state index contributed by atoms with van der Waals surface area (Å²) in [5.74, 6) is -2.41. The third-order valence-corrected chi connectivity index (χ3v) is 3.68. The molecule has 0 unspecified atom stereocenters. The van der Waals surface area contributed by atoms with Crippen molar-refractivity contribution in [1.82, 2.24) is 5.32 Å². The van der Waals surface area contributed by atoms with Crippen molar-refractivity contribution < 1.29 is 27.6 Å². The standard InChI is InChI=1S/C21H20F3N3O3/c1-13(2)25-20(30)27-16-9-7-15(8-10-16)18(28)11-6-14-4-3-5-17(12-14)26-19(29)21(22,23)24/h3-13H,1-2H3,(H,26,29)(H2,25,27,30)/b11-6+. The van der Waals surface area contributed by atoms with Gasteiger partial charge in [-0.3, -0.25) is 9.59 Å². The first-order chi connectivity index (χ1) is 14.0. The normalized spacial score (nSPS) is 11.4. The van der Waals surface area contributed by atoms with Crippen LogP contribution in [-0.2, 0) is 4.79 Å². The summed E-state index contributed by atoms with van der Waals surface area (Å²) in [5, 5.41) is 7.06. The Hall–Kier alpha value is -3.62. The van der Waals surface area contributed by atoms with E-state index < -0.39 is 12.1 Å². The number of urea groups is 1. The van der Waals surface area contributed by atoms with Crippen molar-refractivity contribution in [3.8, 4) is 0 Å². The van der Waals surface area contributed by atoms with Crippen LogP contribution >= 0.6 is 0 Å². The Balaban J connectivity index is 2.01. The topological polar surface area (TPSA) is 87.3 Å². The van der Waals surface area contributed by atoms with Crippen molar-refractivity contribution in [2.24, 2.45) is 0 Å². The van der Waals surface area contributed by atoms with Gasteiger partial charge in [0.05, 0.1) is 0 Å². The van der Waals surface area contributed by atoms with Crippen LogP contribution in [0.2, 0.25) is 0 Å². The smallest absolute Gasteiger partial charge is 0.336 e. The highest BCUT2D eigenvalue weighted by Crippen LogP contribution is 2.19. The molecule has 0 spiro atoms. The number of ketones is 1. The summed E-state index contributed by atoms with van der Waals surface area (Å²) in [6.07, 6.45) is -2.30. The van der Waals surface area contributed by atoms with E-state index in [9.17, 15) is 27.6 Å². The van der Waals surface area contributed by atoms with Crippen LogP contribution in [0.15, 0.2) is 54.6 Å². The summed E-state index contributed by atoms with van der Waals surface area (Å²) >= 11 is 0. The minimum atomic E-state index is -4.99. The Labute approximate surface area is 171 Å². The fourth-order valence-electron chi connectivity index (χ4n) is 2.34. The molecule has 0 aliphatic carbocycles. The molecule has 0 aromatic heterocycles. The third kappa shape index (κ3) is 7.08. The Morgan fingerprint density at radius 1 is 0.933 bits per heavy atom. The maximum absolute atomic E-state index is 12.3. The van der Waals surface area contributed by atoms with E-state index in [0.29, 0.717) is 16.8 Å². The molecule has 0 radical (unpaired) electrons. The molecule has 0 saturated heterocycles. The number of carbonyl (C=O) groups excluding carboxylic acids is 3. The number of carbonyl (C=O) groups is 3. The van der Waals surface area contributed by atoms with Crippen molar-refractivity contribution in [2.45, 2.75) is 26.1 Å². The largest absolute Gasteiger partial charge is 0.471 e. The molecule has 0 bridgehead atoms. The van der Waals surface area contributed by atoms with Gasteiger partial charge in [0.15, 0.2) is 5.78 Å². The number of hydrogen-bond donors (Lipinski definition) is 3. The molecule has 3 amide bonds. The van der Waals surface area contributed by atoms with Gasteiger partial charge in [0.2, 0.25) is 0 Å². The van der Waals surface area contributed by atoms with Crippen LogP contribution in [0.5, 0.6) is 0 Å². The first-order valence-corrected chi connectivity index (χ1v) is 8.93. The lowest BCUT2D eigenvalue weighted by Gasteiger charge is -2.10.